The largest absolute Gasteiger partial charge is 0.466 e. The molecule has 3 aromatic rings. The predicted octanol–water partition coefficient (Wildman–Crippen LogP) is 4.45. The van der Waals surface area contributed by atoms with E-state index in [9.17, 15) is 9.59 Å². The molecule has 2 heterocycles. The molecule has 1 fully saturated rings. The van der Waals surface area contributed by atoms with Crippen LogP contribution in [0.3, 0.4) is 0 Å². The van der Waals surface area contributed by atoms with Crippen LogP contribution in [0.15, 0.2) is 84.9 Å². The smallest absolute Gasteiger partial charge is 0.315 e. The van der Waals surface area contributed by atoms with E-state index in [0.717, 1.165) is 5.56 Å². The number of ketones is 1. The summed E-state index contributed by atoms with van der Waals surface area (Å²) in [4.78, 5) is 33.8. The third-order valence-electron chi connectivity index (χ3n) is 5.89. The van der Waals surface area contributed by atoms with E-state index in [1.807, 2.05) is 78.9 Å². The molecule has 0 unspecified atom stereocenters. The summed E-state index contributed by atoms with van der Waals surface area (Å²) in [5, 5.41) is 1.64. The minimum absolute atomic E-state index is 0.152. The molecule has 5 nitrogen and oxygen atoms in total. The van der Waals surface area contributed by atoms with E-state index >= 15 is 0 Å². The van der Waals surface area contributed by atoms with Gasteiger partial charge in [0.05, 0.1) is 12.3 Å². The zero-order valence-corrected chi connectivity index (χ0v) is 16.5. The second-order valence-electron chi connectivity index (χ2n) is 7.44. The maximum absolute atomic E-state index is 14.0. The summed E-state index contributed by atoms with van der Waals surface area (Å²) >= 11 is 0. The van der Waals surface area contributed by atoms with Gasteiger partial charge in [0, 0.05) is 5.56 Å². The topological polar surface area (TPSA) is 55.8 Å². The molecule has 3 atom stereocenters. The van der Waals surface area contributed by atoms with Crippen molar-refractivity contribution in [2.24, 2.45) is 5.92 Å². The molecule has 5 rings (SSSR count). The van der Waals surface area contributed by atoms with E-state index in [1.54, 1.807) is 18.1 Å². The molecule has 2 aliphatic heterocycles. The van der Waals surface area contributed by atoms with Gasteiger partial charge in [-0.1, -0.05) is 72.8 Å². The molecule has 0 N–H and O–H groups in total. The van der Waals surface area contributed by atoms with Gasteiger partial charge in [-0.05, 0) is 30.2 Å². The van der Waals surface area contributed by atoms with Crippen molar-refractivity contribution in [2.75, 3.05) is 11.7 Å². The molecule has 1 saturated heterocycles. The number of ether oxygens (including phenoxy) is 1. The van der Waals surface area contributed by atoms with Crippen molar-refractivity contribution in [1.29, 1.82) is 0 Å². The molecule has 0 amide bonds. The Bertz CT molecular complexity index is 1100. The number of hydrogen-bond acceptors (Lipinski definition) is 5. The van der Waals surface area contributed by atoms with Gasteiger partial charge in [-0.2, -0.15) is 0 Å². The summed E-state index contributed by atoms with van der Waals surface area (Å²) in [5.74, 6) is -1.46. The maximum Gasteiger partial charge on any atom is 0.315 e. The minimum atomic E-state index is -1.32. The van der Waals surface area contributed by atoms with Gasteiger partial charge in [0.25, 0.3) is 0 Å². The average molecular weight is 399 g/mol. The summed E-state index contributed by atoms with van der Waals surface area (Å²) in [5.41, 5.74) is 1.42. The van der Waals surface area contributed by atoms with Crippen LogP contribution in [0.2, 0.25) is 0 Å². The van der Waals surface area contributed by atoms with Gasteiger partial charge < -0.3 is 4.74 Å². The van der Waals surface area contributed by atoms with E-state index in [4.69, 9.17) is 9.57 Å². The van der Waals surface area contributed by atoms with Crippen LogP contribution >= 0.6 is 0 Å². The highest BCUT2D eigenvalue weighted by Gasteiger charge is 2.68. The number of rotatable bonds is 4. The Morgan fingerprint density at radius 1 is 0.967 bits per heavy atom. The Balaban J connectivity index is 1.78. The van der Waals surface area contributed by atoms with Crippen molar-refractivity contribution < 1.29 is 19.2 Å². The Hall–Kier alpha value is -3.44. The molecule has 3 aromatic carbocycles. The zero-order valence-electron chi connectivity index (χ0n) is 16.5. The van der Waals surface area contributed by atoms with E-state index in [-0.39, 0.29) is 12.4 Å². The van der Waals surface area contributed by atoms with Crippen molar-refractivity contribution in [3.63, 3.8) is 0 Å². The number of carbonyl (C=O) groups excluding carboxylic acids is 2. The lowest BCUT2D eigenvalue weighted by molar-refractivity contribution is -0.151. The number of para-hydroxylation sites is 1. The Morgan fingerprint density at radius 3 is 2.30 bits per heavy atom. The summed E-state index contributed by atoms with van der Waals surface area (Å²) in [6, 6.07) is 26.2. The first-order valence-electron chi connectivity index (χ1n) is 10.1. The van der Waals surface area contributed by atoms with Crippen LogP contribution in [0.5, 0.6) is 0 Å². The van der Waals surface area contributed by atoms with Crippen molar-refractivity contribution in [2.45, 2.75) is 18.6 Å². The highest BCUT2D eigenvalue weighted by Crippen LogP contribution is 2.59. The number of carbonyl (C=O) groups is 2. The molecule has 5 heteroatoms. The van der Waals surface area contributed by atoms with E-state index in [0.29, 0.717) is 16.8 Å². The first-order chi connectivity index (χ1) is 14.7. The molecule has 0 spiro atoms. The summed E-state index contributed by atoms with van der Waals surface area (Å²) < 4.78 is 5.48. The monoisotopic (exact) mass is 399 g/mol. The number of hydrogen-bond donors (Lipinski definition) is 0. The number of fused-ring (bicyclic) bond motifs is 3. The quantitative estimate of drug-likeness (QED) is 0.607. The molecule has 0 aliphatic carbocycles. The number of nitrogens with zero attached hydrogens (tertiary/aromatic N) is 1. The Morgan fingerprint density at radius 2 is 1.60 bits per heavy atom. The standard InChI is InChI=1S/C25H21NO4/c1-2-29-24(28)21-22(17-11-5-3-6-12-17)30-26-20-16-10-9-15-19(20)23(27)25(21,26)18-13-7-4-8-14-18/h3-16,21-22H,2H2,1H3/t21-,22+,25-/m1/s1. The number of anilines is 1. The molecular weight excluding hydrogens is 378 g/mol. The molecule has 0 radical (unpaired) electrons. The summed E-state index contributed by atoms with van der Waals surface area (Å²) in [6.45, 7) is 1.99. The maximum atomic E-state index is 14.0. The molecule has 0 saturated carbocycles. The molecule has 150 valence electrons. The lowest BCUT2D eigenvalue weighted by atomic mass is 9.72. The van der Waals surface area contributed by atoms with Crippen LogP contribution in [0.4, 0.5) is 5.69 Å². The summed E-state index contributed by atoms with van der Waals surface area (Å²) in [7, 11) is 0. The van der Waals surface area contributed by atoms with Gasteiger partial charge in [0.1, 0.15) is 12.0 Å². The van der Waals surface area contributed by atoms with Gasteiger partial charge in [-0.3, -0.25) is 14.4 Å². The number of esters is 1. The number of benzene rings is 3. The zero-order chi connectivity index (χ0) is 20.7. The highest BCUT2D eigenvalue weighted by atomic mass is 16.7. The van der Waals surface area contributed by atoms with Gasteiger partial charge in [0.15, 0.2) is 11.3 Å². The SMILES string of the molecule is CCOC(=O)[C@H]1[C@H](c2ccccc2)ON2c3ccccc3C(=O)[C@@]12c1ccccc1. The third-order valence-corrected chi connectivity index (χ3v) is 5.89. The highest BCUT2D eigenvalue weighted by molar-refractivity contribution is 6.16. The van der Waals surface area contributed by atoms with Crippen LogP contribution in [0.25, 0.3) is 0 Å². The molecular formula is C25H21NO4. The van der Waals surface area contributed by atoms with Gasteiger partial charge in [-0.15, -0.1) is 0 Å². The number of hydroxylamine groups is 1. The number of Topliss-reactive ketones (excluding diaryl/α,β-unsaturated/α-hetero) is 1. The fourth-order valence-electron chi connectivity index (χ4n) is 4.67. The van der Waals surface area contributed by atoms with Crippen LogP contribution in [-0.4, -0.2) is 18.4 Å². The summed E-state index contributed by atoms with van der Waals surface area (Å²) in [6.07, 6.45) is -0.650. The van der Waals surface area contributed by atoms with E-state index < -0.39 is 23.5 Å². The van der Waals surface area contributed by atoms with E-state index in [2.05, 4.69) is 0 Å². The average Bonchev–Trinajstić information content (AvgIpc) is 3.27. The van der Waals surface area contributed by atoms with Crippen molar-refractivity contribution in [1.82, 2.24) is 0 Å². The van der Waals surface area contributed by atoms with Gasteiger partial charge in [0.2, 0.25) is 0 Å². The fraction of sp³-hybridized carbons (Fsp3) is 0.200. The second kappa shape index (κ2) is 7.11. The van der Waals surface area contributed by atoms with Crippen LogP contribution < -0.4 is 5.06 Å². The normalized spacial score (nSPS) is 24.4. The van der Waals surface area contributed by atoms with Gasteiger partial charge >= 0.3 is 5.97 Å². The third kappa shape index (κ3) is 2.45. The fourth-order valence-corrected chi connectivity index (χ4v) is 4.67. The lowest BCUT2D eigenvalue weighted by Crippen LogP contribution is -2.50. The molecule has 30 heavy (non-hydrogen) atoms. The minimum Gasteiger partial charge on any atom is -0.466 e. The Kier molecular flexibility index (Phi) is 4.40. The second-order valence-corrected chi connectivity index (χ2v) is 7.44. The van der Waals surface area contributed by atoms with Crippen molar-refractivity contribution in [3.05, 3.63) is 102 Å². The van der Waals surface area contributed by atoms with Crippen LogP contribution in [-0.2, 0) is 19.9 Å². The lowest BCUT2D eigenvalue weighted by Gasteiger charge is -2.33. The molecule has 0 aromatic heterocycles. The first-order valence-corrected chi connectivity index (χ1v) is 10.1. The Labute approximate surface area is 174 Å². The van der Waals surface area contributed by atoms with Gasteiger partial charge in [-0.25, -0.2) is 5.06 Å². The van der Waals surface area contributed by atoms with Crippen LogP contribution in [0, 0.1) is 5.92 Å². The molecule has 0 bridgehead atoms. The first kappa shape index (κ1) is 18.6. The van der Waals surface area contributed by atoms with E-state index in [1.165, 1.54) is 0 Å². The predicted molar refractivity (Wildman–Crippen MR) is 112 cm³/mol. The molecule has 2 aliphatic rings. The van der Waals surface area contributed by atoms with Crippen molar-refractivity contribution in [3.8, 4) is 0 Å². The van der Waals surface area contributed by atoms with Crippen molar-refractivity contribution >= 4 is 17.4 Å². The van der Waals surface area contributed by atoms with Crippen LogP contribution in [0.1, 0.15) is 34.5 Å².